The van der Waals surface area contributed by atoms with Gasteiger partial charge in [-0.2, -0.15) is 13.2 Å². The summed E-state index contributed by atoms with van der Waals surface area (Å²) in [5.41, 5.74) is 0.307. The van der Waals surface area contributed by atoms with Crippen LogP contribution in [-0.2, 0) is 0 Å². The Morgan fingerprint density at radius 2 is 1.75 bits per heavy atom. The molecule has 1 aromatic carbocycles. The first-order valence-electron chi connectivity index (χ1n) is 5.85. The smallest absolute Gasteiger partial charge is 0.406 e. The lowest BCUT2D eigenvalue weighted by Crippen LogP contribution is -2.38. The Hall–Kier alpha value is -2.05. The van der Waals surface area contributed by atoms with Gasteiger partial charge in [0.05, 0.1) is 5.56 Å². The van der Waals surface area contributed by atoms with E-state index in [9.17, 15) is 22.8 Å². The third kappa shape index (κ3) is 4.25. The van der Waals surface area contributed by atoms with Crippen LogP contribution in [0.25, 0.3) is 0 Å². The number of nitrogens with zero attached hydrogens (tertiary/aromatic N) is 1. The lowest BCUT2D eigenvalue weighted by molar-refractivity contribution is -0.140. The predicted molar refractivity (Wildman–Crippen MR) is 65.8 cm³/mol. The number of halogens is 3. The van der Waals surface area contributed by atoms with Crippen LogP contribution in [0, 0.1) is 6.92 Å². The number of carboxylic acid groups (broad SMARTS) is 1. The highest BCUT2D eigenvalue weighted by atomic mass is 19.4. The summed E-state index contributed by atoms with van der Waals surface area (Å²) in [6.07, 6.45) is -4.49. The largest absolute Gasteiger partial charge is 0.478 e. The first kappa shape index (κ1) is 16.0. The van der Waals surface area contributed by atoms with Crippen molar-refractivity contribution in [3.05, 3.63) is 34.9 Å². The van der Waals surface area contributed by atoms with Crippen LogP contribution < -0.4 is 0 Å². The van der Waals surface area contributed by atoms with Gasteiger partial charge in [-0.1, -0.05) is 0 Å². The maximum absolute atomic E-state index is 12.4. The molecule has 0 radical (unpaired) electrons. The van der Waals surface area contributed by atoms with Crippen LogP contribution >= 0.6 is 0 Å². The first-order valence-corrected chi connectivity index (χ1v) is 5.85. The van der Waals surface area contributed by atoms with Crippen molar-refractivity contribution in [2.45, 2.75) is 20.0 Å². The maximum atomic E-state index is 12.4. The third-order valence-electron chi connectivity index (χ3n) is 2.61. The number of alkyl halides is 3. The first-order chi connectivity index (χ1) is 9.14. The zero-order chi connectivity index (χ0) is 15.5. The fourth-order valence-corrected chi connectivity index (χ4v) is 1.76. The maximum Gasteiger partial charge on any atom is 0.406 e. The molecule has 0 fully saturated rings. The van der Waals surface area contributed by atoms with Crippen LogP contribution in [0.15, 0.2) is 18.2 Å². The van der Waals surface area contributed by atoms with Crippen LogP contribution in [0.3, 0.4) is 0 Å². The van der Waals surface area contributed by atoms with E-state index in [2.05, 4.69) is 0 Å². The van der Waals surface area contributed by atoms with Crippen molar-refractivity contribution in [1.29, 1.82) is 0 Å². The van der Waals surface area contributed by atoms with Gasteiger partial charge >= 0.3 is 12.1 Å². The molecule has 0 aliphatic rings. The van der Waals surface area contributed by atoms with Crippen LogP contribution in [0.1, 0.15) is 33.2 Å². The van der Waals surface area contributed by atoms with E-state index in [0.29, 0.717) is 10.5 Å². The van der Waals surface area contributed by atoms with E-state index in [-0.39, 0.29) is 17.7 Å². The van der Waals surface area contributed by atoms with Gasteiger partial charge in [0.2, 0.25) is 0 Å². The highest BCUT2D eigenvalue weighted by Gasteiger charge is 2.32. The van der Waals surface area contributed by atoms with Crippen molar-refractivity contribution in [3.63, 3.8) is 0 Å². The van der Waals surface area contributed by atoms with E-state index < -0.39 is 24.6 Å². The molecule has 0 atom stereocenters. The second-order valence-corrected chi connectivity index (χ2v) is 4.33. The molecule has 0 bridgehead atoms. The third-order valence-corrected chi connectivity index (χ3v) is 2.61. The summed E-state index contributed by atoms with van der Waals surface area (Å²) < 4.78 is 37.1. The number of rotatable bonds is 4. The van der Waals surface area contributed by atoms with Crippen molar-refractivity contribution < 1.29 is 27.9 Å². The van der Waals surface area contributed by atoms with Gasteiger partial charge in [-0.15, -0.1) is 0 Å². The quantitative estimate of drug-likeness (QED) is 0.927. The van der Waals surface area contributed by atoms with Gasteiger partial charge in [-0.05, 0) is 37.6 Å². The molecule has 20 heavy (non-hydrogen) atoms. The summed E-state index contributed by atoms with van der Waals surface area (Å²) >= 11 is 0. The standard InChI is InChI=1S/C13H14F3NO3/c1-3-17(7-13(14,15)16)11(18)9-4-8(2)5-10(6-9)12(19)20/h4-6H,3,7H2,1-2H3,(H,19,20). The molecule has 0 aliphatic heterocycles. The summed E-state index contributed by atoms with van der Waals surface area (Å²) in [6.45, 7) is 1.52. The van der Waals surface area contributed by atoms with Crippen LogP contribution in [0.2, 0.25) is 0 Å². The predicted octanol–water partition coefficient (Wildman–Crippen LogP) is 2.72. The lowest BCUT2D eigenvalue weighted by atomic mass is 10.1. The van der Waals surface area contributed by atoms with Crippen molar-refractivity contribution in [2.75, 3.05) is 13.1 Å². The number of carbonyl (C=O) groups excluding carboxylic acids is 1. The van der Waals surface area contributed by atoms with Crippen molar-refractivity contribution in [3.8, 4) is 0 Å². The zero-order valence-corrected chi connectivity index (χ0v) is 11.0. The number of hydrogen-bond donors (Lipinski definition) is 1. The fraction of sp³-hybridized carbons (Fsp3) is 0.385. The summed E-state index contributed by atoms with van der Waals surface area (Å²) in [7, 11) is 0. The second kappa shape index (κ2) is 5.94. The molecule has 1 rings (SSSR count). The molecule has 110 valence electrons. The van der Waals surface area contributed by atoms with Crippen molar-refractivity contribution in [2.24, 2.45) is 0 Å². The van der Waals surface area contributed by atoms with E-state index in [1.54, 1.807) is 6.92 Å². The average Bonchev–Trinajstić information content (AvgIpc) is 2.33. The number of amides is 1. The number of aromatic carboxylic acids is 1. The molecule has 0 saturated heterocycles. The number of carbonyl (C=O) groups is 2. The summed E-state index contributed by atoms with van der Waals surface area (Å²) in [5.74, 6) is -2.07. The topological polar surface area (TPSA) is 57.6 Å². The highest BCUT2D eigenvalue weighted by molar-refractivity contribution is 5.97. The molecular weight excluding hydrogens is 275 g/mol. The Morgan fingerprint density at radius 1 is 1.20 bits per heavy atom. The van der Waals surface area contributed by atoms with Gasteiger partial charge < -0.3 is 10.0 Å². The minimum Gasteiger partial charge on any atom is -0.478 e. The minimum absolute atomic E-state index is 0.0616. The molecule has 1 aromatic rings. The van der Waals surface area contributed by atoms with Gasteiger partial charge in [0.25, 0.3) is 5.91 Å². The van der Waals surface area contributed by atoms with Crippen molar-refractivity contribution in [1.82, 2.24) is 4.90 Å². The van der Waals surface area contributed by atoms with E-state index >= 15 is 0 Å². The Balaban J connectivity index is 3.09. The minimum atomic E-state index is -4.49. The SMILES string of the molecule is CCN(CC(F)(F)F)C(=O)c1cc(C)cc(C(=O)O)c1. The van der Waals surface area contributed by atoms with Crippen LogP contribution in [-0.4, -0.2) is 41.1 Å². The lowest BCUT2D eigenvalue weighted by Gasteiger charge is -2.22. The Morgan fingerprint density at radius 3 is 2.20 bits per heavy atom. The van der Waals surface area contributed by atoms with Gasteiger partial charge in [0, 0.05) is 12.1 Å². The van der Waals surface area contributed by atoms with Crippen LogP contribution in [0.4, 0.5) is 13.2 Å². The molecule has 0 aromatic heterocycles. The Labute approximate surface area is 113 Å². The number of hydrogen-bond acceptors (Lipinski definition) is 2. The summed E-state index contributed by atoms with van der Waals surface area (Å²) in [4.78, 5) is 23.5. The molecule has 4 nitrogen and oxygen atoms in total. The molecule has 0 saturated carbocycles. The van der Waals surface area contributed by atoms with Crippen molar-refractivity contribution >= 4 is 11.9 Å². The molecule has 0 aliphatic carbocycles. The summed E-state index contributed by atoms with van der Waals surface area (Å²) in [6, 6.07) is 3.80. The molecule has 1 amide bonds. The highest BCUT2D eigenvalue weighted by Crippen LogP contribution is 2.19. The molecule has 7 heteroatoms. The molecule has 1 N–H and O–H groups in total. The van der Waals surface area contributed by atoms with Gasteiger partial charge in [-0.3, -0.25) is 4.79 Å². The second-order valence-electron chi connectivity index (χ2n) is 4.33. The number of carboxylic acids is 1. The fourth-order valence-electron chi connectivity index (χ4n) is 1.76. The zero-order valence-electron chi connectivity index (χ0n) is 11.0. The van der Waals surface area contributed by atoms with E-state index in [0.717, 1.165) is 6.07 Å². The molecular formula is C13H14F3NO3. The van der Waals surface area contributed by atoms with Gasteiger partial charge in [0.15, 0.2) is 0 Å². The monoisotopic (exact) mass is 289 g/mol. The Kier molecular flexibility index (Phi) is 4.75. The molecule has 0 heterocycles. The Bertz CT molecular complexity index is 526. The van der Waals surface area contributed by atoms with E-state index in [1.807, 2.05) is 0 Å². The normalized spacial score (nSPS) is 11.2. The summed E-state index contributed by atoms with van der Waals surface area (Å²) in [5, 5.41) is 8.89. The van der Waals surface area contributed by atoms with E-state index in [1.165, 1.54) is 19.1 Å². The number of aryl methyl sites for hydroxylation is 1. The molecule has 0 spiro atoms. The molecule has 0 unspecified atom stereocenters. The van der Waals surface area contributed by atoms with E-state index in [4.69, 9.17) is 5.11 Å². The number of benzene rings is 1. The van der Waals surface area contributed by atoms with Gasteiger partial charge in [-0.25, -0.2) is 4.79 Å². The van der Waals surface area contributed by atoms with Gasteiger partial charge in [0.1, 0.15) is 6.54 Å². The van der Waals surface area contributed by atoms with Crippen LogP contribution in [0.5, 0.6) is 0 Å². The average molecular weight is 289 g/mol.